The molecule has 0 heterocycles. The van der Waals surface area contributed by atoms with Crippen molar-refractivity contribution < 1.29 is 4.79 Å². The highest BCUT2D eigenvalue weighted by Gasteiger charge is 2.11. The molecular weight excluding hydrogens is 375 g/mol. The van der Waals surface area contributed by atoms with Crippen molar-refractivity contribution in [1.82, 2.24) is 0 Å². The van der Waals surface area contributed by atoms with E-state index < -0.39 is 0 Å². The molecule has 2 aromatic carbocycles. The molecule has 1 amide bonds. The van der Waals surface area contributed by atoms with Crippen molar-refractivity contribution in [3.05, 3.63) is 57.2 Å². The molecule has 2 N–H and O–H groups in total. The third kappa shape index (κ3) is 4.20. The number of nitrogens with one attached hydrogen (secondary N) is 2. The fourth-order valence-corrected chi connectivity index (χ4v) is 2.70. The van der Waals surface area contributed by atoms with E-state index in [4.69, 9.17) is 0 Å². The van der Waals surface area contributed by atoms with Gasteiger partial charge in [-0.3, -0.25) is 4.79 Å². The Balaban J connectivity index is 2.20. The van der Waals surface area contributed by atoms with Crippen LogP contribution in [0.15, 0.2) is 42.5 Å². The van der Waals surface area contributed by atoms with E-state index in [1.165, 1.54) is 0 Å². The quantitative estimate of drug-likeness (QED) is 0.724. The van der Waals surface area contributed by atoms with Crippen LogP contribution in [0.2, 0.25) is 0 Å². The Kier molecular flexibility index (Phi) is 5.61. The summed E-state index contributed by atoms with van der Waals surface area (Å²) in [6.07, 6.45) is 1.02. The second kappa shape index (κ2) is 7.45. The summed E-state index contributed by atoms with van der Waals surface area (Å²) in [5.74, 6) is -0.0847. The van der Waals surface area contributed by atoms with Crippen LogP contribution in [0.25, 0.3) is 0 Å². The molecule has 0 aliphatic carbocycles. The minimum atomic E-state index is -0.0847. The fourth-order valence-electron chi connectivity index (χ4n) is 2.05. The largest absolute Gasteiger partial charge is 0.384 e. The van der Waals surface area contributed by atoms with Crippen LogP contribution in [0.5, 0.6) is 0 Å². The molecule has 0 unspecified atom stereocenters. The Morgan fingerprint density at radius 3 is 2.62 bits per heavy atom. The number of halogens is 1. The topological polar surface area (TPSA) is 41.1 Å². The van der Waals surface area contributed by atoms with Gasteiger partial charge < -0.3 is 10.6 Å². The molecule has 3 nitrogen and oxygen atoms in total. The first kappa shape index (κ1) is 15.8. The number of hydrogen-bond donors (Lipinski definition) is 2. The van der Waals surface area contributed by atoms with Crippen molar-refractivity contribution in [2.75, 3.05) is 17.2 Å². The lowest BCUT2D eigenvalue weighted by Gasteiger charge is -2.13. The van der Waals surface area contributed by atoms with Crippen molar-refractivity contribution in [3.63, 3.8) is 0 Å². The minimum Gasteiger partial charge on any atom is -0.384 e. The lowest BCUT2D eigenvalue weighted by molar-refractivity contribution is 0.102. The van der Waals surface area contributed by atoms with Crippen molar-refractivity contribution in [2.24, 2.45) is 0 Å². The first-order chi connectivity index (χ1) is 10.1. The van der Waals surface area contributed by atoms with Crippen LogP contribution < -0.4 is 10.6 Å². The van der Waals surface area contributed by atoms with Crippen molar-refractivity contribution in [1.29, 1.82) is 0 Å². The molecular formula is C17H19IN2O. The Labute approximate surface area is 139 Å². The summed E-state index contributed by atoms with van der Waals surface area (Å²) < 4.78 is 1.16. The molecule has 110 valence electrons. The maximum atomic E-state index is 12.5. The molecule has 2 rings (SSSR count). The number of anilines is 2. The van der Waals surface area contributed by atoms with Crippen LogP contribution in [0.3, 0.4) is 0 Å². The van der Waals surface area contributed by atoms with Gasteiger partial charge in [-0.05, 0) is 71.8 Å². The zero-order valence-corrected chi connectivity index (χ0v) is 14.4. The number of aryl methyl sites for hydroxylation is 1. The van der Waals surface area contributed by atoms with E-state index in [0.717, 1.165) is 33.5 Å². The van der Waals surface area contributed by atoms with Crippen LogP contribution in [0.4, 0.5) is 11.4 Å². The lowest BCUT2D eigenvalue weighted by Crippen LogP contribution is -2.15. The number of rotatable bonds is 5. The third-order valence-electron chi connectivity index (χ3n) is 3.17. The maximum absolute atomic E-state index is 12.5. The summed E-state index contributed by atoms with van der Waals surface area (Å²) in [6, 6.07) is 13.6. The van der Waals surface area contributed by atoms with Gasteiger partial charge in [0.1, 0.15) is 0 Å². The molecule has 4 heteroatoms. The summed E-state index contributed by atoms with van der Waals surface area (Å²) in [5, 5.41) is 6.28. The summed E-state index contributed by atoms with van der Waals surface area (Å²) in [4.78, 5) is 12.5. The van der Waals surface area contributed by atoms with Crippen LogP contribution >= 0.6 is 22.6 Å². The van der Waals surface area contributed by atoms with E-state index in [1.54, 1.807) is 0 Å². The SMILES string of the molecule is CCCNc1ccccc1C(=O)Nc1ccc(I)cc1C. The van der Waals surface area contributed by atoms with Gasteiger partial charge in [0.2, 0.25) is 0 Å². The predicted octanol–water partition coefficient (Wildman–Crippen LogP) is 4.67. The highest BCUT2D eigenvalue weighted by molar-refractivity contribution is 14.1. The van der Waals surface area contributed by atoms with Gasteiger partial charge in [0, 0.05) is 21.5 Å². The molecule has 21 heavy (non-hydrogen) atoms. The van der Waals surface area contributed by atoms with Crippen molar-refractivity contribution in [3.8, 4) is 0 Å². The number of carbonyl (C=O) groups is 1. The smallest absolute Gasteiger partial charge is 0.257 e. The molecule has 0 saturated heterocycles. The van der Waals surface area contributed by atoms with Crippen LogP contribution in [-0.4, -0.2) is 12.5 Å². The number of hydrogen-bond acceptors (Lipinski definition) is 2. The van der Waals surface area contributed by atoms with E-state index in [0.29, 0.717) is 5.56 Å². The zero-order chi connectivity index (χ0) is 15.2. The molecule has 0 bridgehead atoms. The number of para-hydroxylation sites is 1. The molecule has 0 aliphatic heterocycles. The summed E-state index contributed by atoms with van der Waals surface area (Å²) in [5.41, 5.74) is 3.46. The maximum Gasteiger partial charge on any atom is 0.257 e. The van der Waals surface area contributed by atoms with Crippen LogP contribution in [0.1, 0.15) is 29.3 Å². The predicted molar refractivity (Wildman–Crippen MR) is 97.1 cm³/mol. The second-order valence-corrected chi connectivity index (χ2v) is 6.13. The highest BCUT2D eigenvalue weighted by Crippen LogP contribution is 2.21. The van der Waals surface area contributed by atoms with Gasteiger partial charge in [-0.25, -0.2) is 0 Å². The van der Waals surface area contributed by atoms with E-state index in [-0.39, 0.29) is 5.91 Å². The molecule has 0 aromatic heterocycles. The Bertz CT molecular complexity index is 640. The molecule has 2 aromatic rings. The number of carbonyl (C=O) groups excluding carboxylic acids is 1. The standard InChI is InChI=1S/C17H19IN2O/c1-3-10-19-16-7-5-4-6-14(16)17(21)20-15-9-8-13(18)11-12(15)2/h4-9,11,19H,3,10H2,1-2H3,(H,20,21). The number of amides is 1. The van der Waals surface area contributed by atoms with Gasteiger partial charge in [-0.1, -0.05) is 19.1 Å². The molecule has 0 aliphatic rings. The van der Waals surface area contributed by atoms with E-state index in [9.17, 15) is 4.79 Å². The summed E-state index contributed by atoms with van der Waals surface area (Å²) >= 11 is 2.27. The zero-order valence-electron chi connectivity index (χ0n) is 12.2. The molecule has 0 spiro atoms. The number of benzene rings is 2. The molecule has 0 radical (unpaired) electrons. The van der Waals surface area contributed by atoms with Gasteiger partial charge >= 0.3 is 0 Å². The Hall–Kier alpha value is -1.56. The first-order valence-electron chi connectivity index (χ1n) is 7.02. The average molecular weight is 394 g/mol. The Morgan fingerprint density at radius 2 is 1.90 bits per heavy atom. The van der Waals surface area contributed by atoms with E-state index in [1.807, 2.05) is 43.3 Å². The van der Waals surface area contributed by atoms with Gasteiger partial charge in [0.25, 0.3) is 5.91 Å². The summed E-state index contributed by atoms with van der Waals surface area (Å²) in [7, 11) is 0. The van der Waals surface area contributed by atoms with Crippen molar-refractivity contribution >= 4 is 39.9 Å². The molecule has 0 saturated carbocycles. The molecule has 0 fully saturated rings. The second-order valence-electron chi connectivity index (χ2n) is 4.89. The van der Waals surface area contributed by atoms with Gasteiger partial charge in [-0.2, -0.15) is 0 Å². The van der Waals surface area contributed by atoms with Gasteiger partial charge in [0.05, 0.1) is 5.56 Å². The van der Waals surface area contributed by atoms with E-state index >= 15 is 0 Å². The van der Waals surface area contributed by atoms with Crippen LogP contribution in [-0.2, 0) is 0 Å². The third-order valence-corrected chi connectivity index (χ3v) is 3.84. The fraction of sp³-hybridized carbons (Fsp3) is 0.235. The Morgan fingerprint density at radius 1 is 1.14 bits per heavy atom. The average Bonchev–Trinajstić information content (AvgIpc) is 2.48. The monoisotopic (exact) mass is 394 g/mol. The normalized spacial score (nSPS) is 10.2. The van der Waals surface area contributed by atoms with Gasteiger partial charge in [0.15, 0.2) is 0 Å². The van der Waals surface area contributed by atoms with E-state index in [2.05, 4.69) is 46.2 Å². The lowest BCUT2D eigenvalue weighted by atomic mass is 10.1. The van der Waals surface area contributed by atoms with Gasteiger partial charge in [-0.15, -0.1) is 0 Å². The highest BCUT2D eigenvalue weighted by atomic mass is 127. The minimum absolute atomic E-state index is 0.0847. The summed E-state index contributed by atoms with van der Waals surface area (Å²) in [6.45, 7) is 4.95. The van der Waals surface area contributed by atoms with Crippen molar-refractivity contribution in [2.45, 2.75) is 20.3 Å². The first-order valence-corrected chi connectivity index (χ1v) is 8.10. The van der Waals surface area contributed by atoms with Crippen LogP contribution in [0, 0.1) is 10.5 Å². The molecule has 0 atom stereocenters.